The van der Waals surface area contributed by atoms with Gasteiger partial charge in [-0.2, -0.15) is 0 Å². The number of nitrogens with two attached hydrogens (primary N) is 1. The number of unbranched alkanes of at least 4 members (excludes halogenated alkanes) is 1. The molecule has 0 spiro atoms. The second kappa shape index (κ2) is 15.6. The molecule has 0 saturated carbocycles. The summed E-state index contributed by atoms with van der Waals surface area (Å²) in [6.07, 6.45) is 0.616. The second-order valence-corrected chi connectivity index (χ2v) is 8.05. The Balaban J connectivity index is 0.00000159. The first-order chi connectivity index (χ1) is 17.4. The van der Waals surface area contributed by atoms with Crippen molar-refractivity contribution in [3.05, 3.63) is 29.8 Å². The molecule has 1 heterocycles. The summed E-state index contributed by atoms with van der Waals surface area (Å²) in [7, 11) is 0. The number of rotatable bonds is 11. The summed E-state index contributed by atoms with van der Waals surface area (Å²) >= 11 is 0. The van der Waals surface area contributed by atoms with Gasteiger partial charge in [0.2, 0.25) is 11.8 Å². The summed E-state index contributed by atoms with van der Waals surface area (Å²) in [5.41, 5.74) is 6.84. The number of alkyl carbamates (subject to hydrolysis) is 1. The highest BCUT2D eigenvalue weighted by molar-refractivity contribution is 5.95. The van der Waals surface area contributed by atoms with Crippen LogP contribution in [0.3, 0.4) is 0 Å². The van der Waals surface area contributed by atoms with E-state index in [-0.39, 0.29) is 38.0 Å². The van der Waals surface area contributed by atoms with Gasteiger partial charge in [-0.3, -0.25) is 19.8 Å². The van der Waals surface area contributed by atoms with Gasteiger partial charge in [0, 0.05) is 37.8 Å². The number of carboxylic acids is 2. The number of hydrogen-bond donors (Lipinski definition) is 6. The average molecular weight is 523 g/mol. The van der Waals surface area contributed by atoms with Crippen molar-refractivity contribution in [3.8, 4) is 0 Å². The maximum Gasteiger partial charge on any atom is 0.407 e. The molecule has 0 aromatic heterocycles. The van der Waals surface area contributed by atoms with Crippen LogP contribution in [0.15, 0.2) is 24.3 Å². The molecule has 3 amide bonds. The molecule has 1 aliphatic heterocycles. The lowest BCUT2D eigenvalue weighted by Crippen LogP contribution is -2.54. The minimum absolute atomic E-state index is 0.0396. The largest absolute Gasteiger partial charge is 0.481 e. The summed E-state index contributed by atoms with van der Waals surface area (Å²) in [5.74, 6) is -2.97. The lowest BCUT2D eigenvalue weighted by atomic mass is 10.1. The molecule has 1 atom stereocenters. The predicted octanol–water partition coefficient (Wildman–Crippen LogP) is -0.194. The van der Waals surface area contributed by atoms with Crippen LogP contribution in [0.1, 0.15) is 32.3 Å². The first kappa shape index (κ1) is 30.7. The van der Waals surface area contributed by atoms with Gasteiger partial charge in [0.25, 0.3) is 5.97 Å². The van der Waals surface area contributed by atoms with Gasteiger partial charge in [-0.05, 0) is 30.7 Å². The molecule has 7 N–H and O–H groups in total. The minimum atomic E-state index is -1.35. The van der Waals surface area contributed by atoms with Crippen LogP contribution in [0, 0.1) is 5.41 Å². The molecule has 1 aliphatic rings. The van der Waals surface area contributed by atoms with Gasteiger partial charge in [-0.1, -0.05) is 13.3 Å². The van der Waals surface area contributed by atoms with Crippen LogP contribution >= 0.6 is 0 Å². The number of anilines is 1. The summed E-state index contributed by atoms with van der Waals surface area (Å²) in [4.78, 5) is 60.0. The molecular weight excluding hydrogens is 488 g/mol. The van der Waals surface area contributed by atoms with E-state index in [9.17, 15) is 24.3 Å². The Morgan fingerprint density at radius 2 is 1.78 bits per heavy atom. The number of nitrogens with one attached hydrogen (secondary N) is 3. The van der Waals surface area contributed by atoms with E-state index in [2.05, 4.69) is 10.6 Å². The molecule has 1 fully saturated rings. The van der Waals surface area contributed by atoms with Crippen molar-refractivity contribution in [1.82, 2.24) is 15.5 Å². The number of benzene rings is 1. The monoisotopic (exact) mass is 522 g/mol. The first-order valence-corrected chi connectivity index (χ1v) is 11.5. The maximum atomic E-state index is 12.5. The summed E-state index contributed by atoms with van der Waals surface area (Å²) in [5, 5.41) is 28.7. The van der Waals surface area contributed by atoms with Crippen molar-refractivity contribution in [1.29, 1.82) is 5.41 Å². The van der Waals surface area contributed by atoms with Crippen LogP contribution in [0.4, 0.5) is 10.5 Å². The van der Waals surface area contributed by atoms with E-state index in [1.807, 2.05) is 11.8 Å². The number of aliphatic carboxylic acids is 2. The quantitative estimate of drug-likeness (QED) is 0.128. The van der Waals surface area contributed by atoms with Gasteiger partial charge in [-0.25, -0.2) is 9.59 Å². The van der Waals surface area contributed by atoms with Crippen molar-refractivity contribution in [2.75, 3.05) is 44.2 Å². The number of ether oxygens (including phenoxy) is 1. The van der Waals surface area contributed by atoms with Crippen molar-refractivity contribution < 1.29 is 38.9 Å². The molecule has 204 valence electrons. The van der Waals surface area contributed by atoms with Crippen LogP contribution < -0.4 is 21.3 Å². The van der Waals surface area contributed by atoms with Crippen LogP contribution in [-0.2, 0) is 23.9 Å². The van der Waals surface area contributed by atoms with E-state index < -0.39 is 30.0 Å². The molecular formula is C23H34N6O8. The number of nitrogen functional groups attached to an aromatic ring is 1. The standard InChI is InChI=1S/C21H30N6O6.C2H4O2/c1-2-3-10-33-21(32)25-16(20(30)31)11-24-17(28)12-27-9-8-26(13-18(27)29)15-6-4-14(5-7-15)19(22)23;1-2(3)4/h4-7,16H,2-3,8-13H2,1H3,(H3,22,23)(H,24,28)(H,25,32)(H,30,31);1H3,(H,3,4)/t16-;/m0./s1. The van der Waals surface area contributed by atoms with Gasteiger partial charge >= 0.3 is 12.1 Å². The number of hydrogen-bond acceptors (Lipinski definition) is 8. The van der Waals surface area contributed by atoms with E-state index in [4.69, 9.17) is 25.8 Å². The average Bonchev–Trinajstić information content (AvgIpc) is 2.82. The number of amides is 3. The third-order valence-corrected chi connectivity index (χ3v) is 5.02. The fourth-order valence-corrected chi connectivity index (χ4v) is 3.09. The second-order valence-electron chi connectivity index (χ2n) is 8.05. The van der Waals surface area contributed by atoms with Crippen molar-refractivity contribution >= 4 is 41.4 Å². The van der Waals surface area contributed by atoms with Gasteiger partial charge in [0.05, 0.1) is 19.7 Å². The van der Waals surface area contributed by atoms with Crippen LogP contribution in [0.2, 0.25) is 0 Å². The van der Waals surface area contributed by atoms with Gasteiger partial charge < -0.3 is 41.1 Å². The van der Waals surface area contributed by atoms with Crippen molar-refractivity contribution in [2.24, 2.45) is 5.73 Å². The molecule has 0 aliphatic carbocycles. The summed E-state index contributed by atoms with van der Waals surface area (Å²) in [6, 6.07) is 5.61. The van der Waals surface area contributed by atoms with Crippen molar-refractivity contribution in [2.45, 2.75) is 32.7 Å². The minimum Gasteiger partial charge on any atom is -0.481 e. The molecule has 14 nitrogen and oxygen atoms in total. The van der Waals surface area contributed by atoms with E-state index in [0.717, 1.165) is 19.0 Å². The topological polar surface area (TPSA) is 215 Å². The number of carbonyl (C=O) groups is 5. The third kappa shape index (κ3) is 11.7. The lowest BCUT2D eigenvalue weighted by Gasteiger charge is -2.35. The van der Waals surface area contributed by atoms with E-state index in [1.165, 1.54) is 4.90 Å². The molecule has 0 radical (unpaired) electrons. The molecule has 14 heteroatoms. The van der Waals surface area contributed by atoms with Crippen LogP contribution in [-0.4, -0.2) is 96.2 Å². The predicted molar refractivity (Wildman–Crippen MR) is 133 cm³/mol. The SMILES string of the molecule is CC(=O)O.CCCCOC(=O)N[C@@H](CNC(=O)CN1CCN(c2ccc(C(=N)N)cc2)CC1=O)C(=O)O. The zero-order valence-electron chi connectivity index (χ0n) is 20.9. The number of piperazine rings is 1. The number of carbonyl (C=O) groups excluding carboxylic acids is 3. The maximum absolute atomic E-state index is 12.5. The van der Waals surface area contributed by atoms with Gasteiger partial charge in [0.1, 0.15) is 11.9 Å². The third-order valence-electron chi connectivity index (χ3n) is 5.02. The van der Waals surface area contributed by atoms with Crippen LogP contribution in [0.5, 0.6) is 0 Å². The first-order valence-electron chi connectivity index (χ1n) is 11.5. The molecule has 0 unspecified atom stereocenters. The van der Waals surface area contributed by atoms with E-state index in [0.29, 0.717) is 25.1 Å². The Labute approximate surface area is 214 Å². The molecule has 1 aromatic carbocycles. The zero-order chi connectivity index (χ0) is 28.0. The molecule has 1 aromatic rings. The lowest BCUT2D eigenvalue weighted by molar-refractivity contribution is -0.140. The number of carboxylic acid groups (broad SMARTS) is 2. The molecule has 2 rings (SSSR count). The molecule has 0 bridgehead atoms. The Hall–Kier alpha value is -4.36. The Morgan fingerprint density at radius 1 is 1.16 bits per heavy atom. The van der Waals surface area contributed by atoms with Gasteiger partial charge in [0.15, 0.2) is 0 Å². The highest BCUT2D eigenvalue weighted by Crippen LogP contribution is 2.17. The fourth-order valence-electron chi connectivity index (χ4n) is 3.09. The Bertz CT molecular complexity index is 964. The highest BCUT2D eigenvalue weighted by Gasteiger charge is 2.27. The fraction of sp³-hybridized carbons (Fsp3) is 0.478. The highest BCUT2D eigenvalue weighted by atomic mass is 16.5. The summed E-state index contributed by atoms with van der Waals surface area (Å²) in [6.45, 7) is 3.52. The zero-order valence-corrected chi connectivity index (χ0v) is 20.9. The van der Waals surface area contributed by atoms with Crippen molar-refractivity contribution in [3.63, 3.8) is 0 Å². The Morgan fingerprint density at radius 3 is 2.30 bits per heavy atom. The normalized spacial score (nSPS) is 13.5. The number of nitrogens with zero attached hydrogens (tertiary/aromatic N) is 2. The van der Waals surface area contributed by atoms with E-state index in [1.54, 1.807) is 24.3 Å². The van der Waals surface area contributed by atoms with Gasteiger partial charge in [-0.15, -0.1) is 0 Å². The van der Waals surface area contributed by atoms with Crippen LogP contribution in [0.25, 0.3) is 0 Å². The number of amidine groups is 1. The molecule has 37 heavy (non-hydrogen) atoms. The van der Waals surface area contributed by atoms with E-state index >= 15 is 0 Å². The summed E-state index contributed by atoms with van der Waals surface area (Å²) < 4.78 is 4.87. The Kier molecular flexibility index (Phi) is 12.9. The molecule has 1 saturated heterocycles. The smallest absolute Gasteiger partial charge is 0.407 e.